The van der Waals surface area contributed by atoms with Crippen LogP contribution in [0.2, 0.25) is 0 Å². The molecule has 2 fully saturated rings. The Bertz CT molecular complexity index is 446. The Hall–Kier alpha value is -1.36. The predicted octanol–water partition coefficient (Wildman–Crippen LogP) is 1.70. The van der Waals surface area contributed by atoms with Gasteiger partial charge in [-0.15, -0.1) is 0 Å². The number of carboxylic acids is 1. The van der Waals surface area contributed by atoms with E-state index in [9.17, 15) is 4.79 Å². The summed E-state index contributed by atoms with van der Waals surface area (Å²) in [5.41, 5.74) is 0.666. The fraction of sp³-hybridized carbons (Fsp3) is 0.667. The van der Waals surface area contributed by atoms with Crippen LogP contribution in [-0.4, -0.2) is 27.0 Å². The predicted molar refractivity (Wildman–Crippen MR) is 59.6 cm³/mol. The van der Waals surface area contributed by atoms with E-state index in [1.54, 1.807) is 13.1 Å². The van der Waals surface area contributed by atoms with Gasteiger partial charge in [0.15, 0.2) is 0 Å². The first-order chi connectivity index (χ1) is 8.11. The van der Waals surface area contributed by atoms with Crippen molar-refractivity contribution in [2.45, 2.75) is 50.4 Å². The summed E-state index contributed by atoms with van der Waals surface area (Å²) in [4.78, 5) is 10.9. The summed E-state index contributed by atoms with van der Waals surface area (Å²) in [7, 11) is 0. The maximum Gasteiger partial charge on any atom is 0.328 e. The molecule has 0 amide bonds. The largest absolute Gasteiger partial charge is 0.480 e. The molecular weight excluding hydrogens is 220 g/mol. The fourth-order valence-corrected chi connectivity index (χ4v) is 2.84. The highest BCUT2D eigenvalue weighted by Gasteiger charge is 2.48. The summed E-state index contributed by atoms with van der Waals surface area (Å²) < 4.78 is 7.48. The van der Waals surface area contributed by atoms with E-state index in [-0.39, 0.29) is 5.60 Å². The van der Waals surface area contributed by atoms with E-state index in [1.807, 2.05) is 6.07 Å². The topological polar surface area (TPSA) is 64.3 Å². The molecule has 5 nitrogen and oxygen atoms in total. The number of aromatic nitrogens is 2. The van der Waals surface area contributed by atoms with Gasteiger partial charge in [-0.05, 0) is 38.7 Å². The Kier molecular flexibility index (Phi) is 2.26. The normalized spacial score (nSPS) is 32.9. The summed E-state index contributed by atoms with van der Waals surface area (Å²) in [6, 6.07) is 1.27. The highest BCUT2D eigenvalue weighted by atomic mass is 16.5. The number of hydrogen-bond donors (Lipinski definition) is 1. The van der Waals surface area contributed by atoms with Gasteiger partial charge < -0.3 is 9.84 Å². The lowest BCUT2D eigenvalue weighted by Gasteiger charge is -2.21. The maximum absolute atomic E-state index is 10.9. The van der Waals surface area contributed by atoms with Crippen LogP contribution in [0.4, 0.5) is 0 Å². The van der Waals surface area contributed by atoms with Crippen LogP contribution >= 0.6 is 0 Å². The van der Waals surface area contributed by atoms with Gasteiger partial charge in [-0.2, -0.15) is 5.10 Å². The first-order valence-corrected chi connectivity index (χ1v) is 6.07. The summed E-state index contributed by atoms with van der Waals surface area (Å²) in [5.74, 6) is -0.867. The molecule has 1 aromatic heterocycles. The van der Waals surface area contributed by atoms with Crippen molar-refractivity contribution in [2.24, 2.45) is 0 Å². The highest BCUT2D eigenvalue weighted by Crippen LogP contribution is 2.49. The van der Waals surface area contributed by atoms with Crippen molar-refractivity contribution >= 4 is 5.97 Å². The van der Waals surface area contributed by atoms with Crippen LogP contribution in [0.15, 0.2) is 12.3 Å². The van der Waals surface area contributed by atoms with Gasteiger partial charge in [0.2, 0.25) is 0 Å². The SMILES string of the molecule is CC(C(=O)O)n1ccc(C23CCC(CC2)O3)n1. The second-order valence-electron chi connectivity index (χ2n) is 5.01. The smallest absolute Gasteiger partial charge is 0.328 e. The van der Waals surface area contributed by atoms with Gasteiger partial charge in [-0.1, -0.05) is 0 Å². The van der Waals surface area contributed by atoms with Crippen molar-refractivity contribution < 1.29 is 14.6 Å². The summed E-state index contributed by atoms with van der Waals surface area (Å²) in [5, 5.41) is 13.3. The minimum Gasteiger partial charge on any atom is -0.480 e. The third-order valence-electron chi connectivity index (χ3n) is 3.96. The number of nitrogens with zero attached hydrogens (tertiary/aromatic N) is 2. The number of aliphatic carboxylic acids is 1. The lowest BCUT2D eigenvalue weighted by atomic mass is 9.86. The Morgan fingerprint density at radius 2 is 2.35 bits per heavy atom. The van der Waals surface area contributed by atoms with Gasteiger partial charge in [-0.3, -0.25) is 4.68 Å². The Balaban J connectivity index is 1.88. The third kappa shape index (κ3) is 1.57. The molecule has 3 rings (SSSR count). The molecule has 2 aliphatic rings. The van der Waals surface area contributed by atoms with Gasteiger partial charge >= 0.3 is 5.97 Å². The van der Waals surface area contributed by atoms with E-state index >= 15 is 0 Å². The zero-order chi connectivity index (χ0) is 12.0. The van der Waals surface area contributed by atoms with Gasteiger partial charge in [0.25, 0.3) is 0 Å². The van der Waals surface area contributed by atoms with E-state index < -0.39 is 12.0 Å². The average molecular weight is 236 g/mol. The van der Waals surface area contributed by atoms with Crippen molar-refractivity contribution in [2.75, 3.05) is 0 Å². The van der Waals surface area contributed by atoms with Crippen molar-refractivity contribution in [3.8, 4) is 0 Å². The molecule has 5 heteroatoms. The van der Waals surface area contributed by atoms with Crippen LogP contribution in [-0.2, 0) is 15.1 Å². The Labute approximate surface area is 99.4 Å². The summed E-state index contributed by atoms with van der Waals surface area (Å²) in [6.45, 7) is 1.63. The minimum atomic E-state index is -0.867. The molecule has 1 N–H and O–H groups in total. The lowest BCUT2D eigenvalue weighted by molar-refractivity contribution is -0.140. The minimum absolute atomic E-state index is 0.228. The molecule has 1 unspecified atom stereocenters. The molecule has 92 valence electrons. The molecule has 0 aliphatic carbocycles. The number of ether oxygens (including phenoxy) is 1. The zero-order valence-electron chi connectivity index (χ0n) is 9.80. The number of hydrogen-bond acceptors (Lipinski definition) is 3. The molecule has 0 saturated carbocycles. The first kappa shape index (κ1) is 10.8. The molecule has 1 atom stereocenters. The van der Waals surface area contributed by atoms with Crippen LogP contribution < -0.4 is 0 Å². The molecule has 17 heavy (non-hydrogen) atoms. The number of rotatable bonds is 3. The molecule has 1 aromatic rings. The van der Waals surface area contributed by atoms with Crippen LogP contribution in [0.25, 0.3) is 0 Å². The number of carboxylic acid groups (broad SMARTS) is 1. The highest BCUT2D eigenvalue weighted by molar-refractivity contribution is 5.71. The van der Waals surface area contributed by atoms with E-state index in [4.69, 9.17) is 9.84 Å². The van der Waals surface area contributed by atoms with Crippen molar-refractivity contribution in [3.05, 3.63) is 18.0 Å². The Morgan fingerprint density at radius 1 is 1.65 bits per heavy atom. The van der Waals surface area contributed by atoms with Crippen molar-refractivity contribution in [3.63, 3.8) is 0 Å². The molecule has 2 bridgehead atoms. The van der Waals surface area contributed by atoms with Crippen LogP contribution in [0, 0.1) is 0 Å². The van der Waals surface area contributed by atoms with Crippen molar-refractivity contribution in [1.29, 1.82) is 0 Å². The van der Waals surface area contributed by atoms with E-state index in [1.165, 1.54) is 4.68 Å². The van der Waals surface area contributed by atoms with Crippen LogP contribution in [0.3, 0.4) is 0 Å². The van der Waals surface area contributed by atoms with Crippen LogP contribution in [0.5, 0.6) is 0 Å². The van der Waals surface area contributed by atoms with Gasteiger partial charge in [-0.25, -0.2) is 4.79 Å². The number of fused-ring (bicyclic) bond motifs is 2. The summed E-state index contributed by atoms with van der Waals surface area (Å²) >= 11 is 0. The molecule has 0 aromatic carbocycles. The zero-order valence-corrected chi connectivity index (χ0v) is 9.80. The molecule has 2 saturated heterocycles. The third-order valence-corrected chi connectivity index (χ3v) is 3.96. The average Bonchev–Trinajstić information content (AvgIpc) is 3.03. The quantitative estimate of drug-likeness (QED) is 0.867. The lowest BCUT2D eigenvalue weighted by Crippen LogP contribution is -2.23. The Morgan fingerprint density at radius 3 is 2.88 bits per heavy atom. The second kappa shape index (κ2) is 3.57. The van der Waals surface area contributed by atoms with Gasteiger partial charge in [0, 0.05) is 6.20 Å². The van der Waals surface area contributed by atoms with E-state index in [0.29, 0.717) is 6.10 Å². The maximum atomic E-state index is 10.9. The second-order valence-corrected chi connectivity index (χ2v) is 5.01. The molecule has 0 radical (unpaired) electrons. The monoisotopic (exact) mass is 236 g/mol. The fourth-order valence-electron chi connectivity index (χ4n) is 2.84. The molecule has 2 aliphatic heterocycles. The first-order valence-electron chi connectivity index (χ1n) is 6.07. The molecule has 0 spiro atoms. The summed E-state index contributed by atoms with van der Waals surface area (Å²) in [6.07, 6.45) is 6.34. The molecular formula is C12H16N2O3. The van der Waals surface area contributed by atoms with Crippen LogP contribution in [0.1, 0.15) is 44.3 Å². The van der Waals surface area contributed by atoms with E-state index in [0.717, 1.165) is 31.4 Å². The molecule has 3 heterocycles. The number of carbonyl (C=O) groups is 1. The van der Waals surface area contributed by atoms with Gasteiger partial charge in [0.05, 0.1) is 11.8 Å². The standard InChI is InChI=1S/C12H16N2O3/c1-8(11(15)16)14-7-4-10(13-14)12-5-2-9(17-12)3-6-12/h4,7-9H,2-3,5-6H2,1H3,(H,15,16). The van der Waals surface area contributed by atoms with E-state index in [2.05, 4.69) is 5.10 Å². The van der Waals surface area contributed by atoms with Crippen molar-refractivity contribution in [1.82, 2.24) is 9.78 Å². The van der Waals surface area contributed by atoms with Gasteiger partial charge in [0.1, 0.15) is 11.6 Å².